The highest BCUT2D eigenvalue weighted by atomic mass is 19.2. The minimum Gasteiger partial charge on any atom is -0.319 e. The largest absolute Gasteiger partial charge is 0.319 e. The van der Waals surface area contributed by atoms with Crippen LogP contribution in [0.2, 0.25) is 0 Å². The van der Waals surface area contributed by atoms with Crippen molar-refractivity contribution in [2.45, 2.75) is 13.0 Å². The second-order valence-electron chi connectivity index (χ2n) is 3.70. The zero-order valence-electron chi connectivity index (χ0n) is 9.19. The van der Waals surface area contributed by atoms with E-state index < -0.39 is 17.7 Å². The van der Waals surface area contributed by atoms with Gasteiger partial charge in [0.25, 0.3) is 0 Å². The molecule has 0 amide bonds. The number of aromatic nitrogens is 2. The summed E-state index contributed by atoms with van der Waals surface area (Å²) in [5.41, 5.74) is 7.04. The first-order valence-corrected chi connectivity index (χ1v) is 5.07. The summed E-state index contributed by atoms with van der Waals surface area (Å²) >= 11 is 0. The molecule has 0 radical (unpaired) electrons. The van der Waals surface area contributed by atoms with E-state index in [1.165, 1.54) is 24.5 Å². The number of aryl methyl sites for hydroxylation is 1. The topological polar surface area (TPSA) is 51.8 Å². The zero-order valence-corrected chi connectivity index (χ0v) is 9.19. The fraction of sp³-hybridized carbons (Fsp3) is 0.167. The van der Waals surface area contributed by atoms with Crippen molar-refractivity contribution in [3.05, 3.63) is 59.2 Å². The van der Waals surface area contributed by atoms with E-state index in [0.29, 0.717) is 5.69 Å². The Hall–Kier alpha value is -1.88. The standard InChI is InChI=1S/C12H11F2N3/c1-7-5-17-10(6-16-7)12(15)8-3-2-4-9(13)11(8)14/h2-6,12H,15H2,1H3. The van der Waals surface area contributed by atoms with Gasteiger partial charge in [0.1, 0.15) is 0 Å². The Bertz CT molecular complexity index is 526. The summed E-state index contributed by atoms with van der Waals surface area (Å²) in [5, 5.41) is 0. The predicted octanol–water partition coefficient (Wildman–Crippen LogP) is 2.11. The molecule has 17 heavy (non-hydrogen) atoms. The summed E-state index contributed by atoms with van der Waals surface area (Å²) in [6, 6.07) is 3.07. The van der Waals surface area contributed by atoms with E-state index in [0.717, 1.165) is 11.8 Å². The number of hydrogen-bond acceptors (Lipinski definition) is 3. The summed E-state index contributed by atoms with van der Waals surface area (Å²) in [5.74, 6) is -1.86. The third-order valence-electron chi connectivity index (χ3n) is 2.44. The Balaban J connectivity index is 2.40. The van der Waals surface area contributed by atoms with Crippen LogP contribution in [0.3, 0.4) is 0 Å². The fourth-order valence-electron chi connectivity index (χ4n) is 1.48. The van der Waals surface area contributed by atoms with Crippen LogP contribution in [0.15, 0.2) is 30.6 Å². The molecule has 1 atom stereocenters. The number of halogens is 2. The van der Waals surface area contributed by atoms with Crippen LogP contribution >= 0.6 is 0 Å². The van der Waals surface area contributed by atoms with Crippen molar-refractivity contribution in [2.75, 3.05) is 0 Å². The molecule has 5 heteroatoms. The molecule has 2 rings (SSSR count). The molecule has 1 heterocycles. The van der Waals surface area contributed by atoms with Crippen molar-refractivity contribution in [1.82, 2.24) is 9.97 Å². The molecule has 0 saturated heterocycles. The molecule has 0 saturated carbocycles. The molecule has 0 bridgehead atoms. The highest BCUT2D eigenvalue weighted by molar-refractivity contribution is 5.28. The van der Waals surface area contributed by atoms with Crippen molar-refractivity contribution < 1.29 is 8.78 Å². The van der Waals surface area contributed by atoms with Crippen LogP contribution in [-0.4, -0.2) is 9.97 Å². The maximum Gasteiger partial charge on any atom is 0.163 e. The lowest BCUT2D eigenvalue weighted by Crippen LogP contribution is -2.16. The van der Waals surface area contributed by atoms with Gasteiger partial charge < -0.3 is 5.73 Å². The van der Waals surface area contributed by atoms with Gasteiger partial charge in [-0.15, -0.1) is 0 Å². The third-order valence-corrected chi connectivity index (χ3v) is 2.44. The fourth-order valence-corrected chi connectivity index (χ4v) is 1.48. The Morgan fingerprint density at radius 1 is 1.18 bits per heavy atom. The molecule has 0 fully saturated rings. The van der Waals surface area contributed by atoms with Gasteiger partial charge in [-0.2, -0.15) is 0 Å². The van der Waals surface area contributed by atoms with Gasteiger partial charge >= 0.3 is 0 Å². The SMILES string of the molecule is Cc1cnc(C(N)c2cccc(F)c2F)cn1. The van der Waals surface area contributed by atoms with Gasteiger partial charge in [-0.25, -0.2) is 8.78 Å². The van der Waals surface area contributed by atoms with Gasteiger partial charge in [-0.05, 0) is 13.0 Å². The molecular weight excluding hydrogens is 224 g/mol. The highest BCUT2D eigenvalue weighted by Crippen LogP contribution is 2.21. The summed E-state index contributed by atoms with van der Waals surface area (Å²) < 4.78 is 26.6. The number of nitrogens with two attached hydrogens (primary N) is 1. The lowest BCUT2D eigenvalue weighted by molar-refractivity contribution is 0.493. The molecule has 0 aliphatic heterocycles. The molecule has 88 valence electrons. The number of rotatable bonds is 2. The monoisotopic (exact) mass is 235 g/mol. The Morgan fingerprint density at radius 2 is 1.94 bits per heavy atom. The minimum atomic E-state index is -0.942. The maximum absolute atomic E-state index is 13.5. The molecule has 1 unspecified atom stereocenters. The normalized spacial score (nSPS) is 12.5. The molecule has 2 N–H and O–H groups in total. The van der Waals surface area contributed by atoms with Crippen LogP contribution in [-0.2, 0) is 0 Å². The van der Waals surface area contributed by atoms with Crippen molar-refractivity contribution in [1.29, 1.82) is 0 Å². The van der Waals surface area contributed by atoms with E-state index in [9.17, 15) is 8.78 Å². The smallest absolute Gasteiger partial charge is 0.163 e. The van der Waals surface area contributed by atoms with E-state index in [4.69, 9.17) is 5.73 Å². The van der Waals surface area contributed by atoms with Crippen molar-refractivity contribution in [2.24, 2.45) is 5.73 Å². The lowest BCUT2D eigenvalue weighted by atomic mass is 10.0. The summed E-state index contributed by atoms with van der Waals surface area (Å²) in [4.78, 5) is 8.07. The first-order chi connectivity index (χ1) is 8.09. The minimum absolute atomic E-state index is 0.0724. The van der Waals surface area contributed by atoms with E-state index in [2.05, 4.69) is 9.97 Å². The molecule has 3 nitrogen and oxygen atoms in total. The molecule has 1 aromatic heterocycles. The molecule has 1 aromatic carbocycles. The van der Waals surface area contributed by atoms with Crippen LogP contribution in [0.5, 0.6) is 0 Å². The van der Waals surface area contributed by atoms with Crippen molar-refractivity contribution in [3.8, 4) is 0 Å². The van der Waals surface area contributed by atoms with Crippen LogP contribution in [0.25, 0.3) is 0 Å². The third kappa shape index (κ3) is 2.29. The molecule has 0 aliphatic rings. The number of benzene rings is 1. The Labute approximate surface area is 97.3 Å². The molecule has 2 aromatic rings. The van der Waals surface area contributed by atoms with Crippen molar-refractivity contribution >= 4 is 0 Å². The highest BCUT2D eigenvalue weighted by Gasteiger charge is 2.17. The summed E-state index contributed by atoms with van der Waals surface area (Å²) in [7, 11) is 0. The van der Waals surface area contributed by atoms with E-state index in [-0.39, 0.29) is 5.56 Å². The quantitative estimate of drug-likeness (QED) is 0.867. The van der Waals surface area contributed by atoms with Gasteiger partial charge in [-0.3, -0.25) is 9.97 Å². The summed E-state index contributed by atoms with van der Waals surface area (Å²) in [6.07, 6.45) is 3.00. The van der Waals surface area contributed by atoms with Gasteiger partial charge in [0.2, 0.25) is 0 Å². The van der Waals surface area contributed by atoms with Gasteiger partial charge in [0.05, 0.1) is 23.6 Å². The van der Waals surface area contributed by atoms with Crippen LogP contribution in [0.1, 0.15) is 23.0 Å². The first kappa shape index (κ1) is 11.6. The molecule has 0 aliphatic carbocycles. The zero-order chi connectivity index (χ0) is 12.4. The van der Waals surface area contributed by atoms with Gasteiger partial charge in [0, 0.05) is 11.8 Å². The average molecular weight is 235 g/mol. The maximum atomic E-state index is 13.5. The Morgan fingerprint density at radius 3 is 2.59 bits per heavy atom. The van der Waals surface area contributed by atoms with E-state index in [1.807, 2.05) is 0 Å². The lowest BCUT2D eigenvalue weighted by Gasteiger charge is -2.12. The summed E-state index contributed by atoms with van der Waals surface area (Å²) in [6.45, 7) is 1.78. The van der Waals surface area contributed by atoms with Crippen LogP contribution < -0.4 is 5.73 Å². The average Bonchev–Trinajstić information content (AvgIpc) is 2.33. The van der Waals surface area contributed by atoms with E-state index >= 15 is 0 Å². The second-order valence-corrected chi connectivity index (χ2v) is 3.70. The van der Waals surface area contributed by atoms with E-state index in [1.54, 1.807) is 6.92 Å². The number of hydrogen-bond donors (Lipinski definition) is 1. The number of nitrogens with zero attached hydrogens (tertiary/aromatic N) is 2. The first-order valence-electron chi connectivity index (χ1n) is 5.07. The van der Waals surface area contributed by atoms with Gasteiger partial charge in [0.15, 0.2) is 11.6 Å². The Kier molecular flexibility index (Phi) is 3.10. The predicted molar refractivity (Wildman–Crippen MR) is 59.2 cm³/mol. The van der Waals surface area contributed by atoms with Crippen LogP contribution in [0, 0.1) is 18.6 Å². The van der Waals surface area contributed by atoms with Crippen molar-refractivity contribution in [3.63, 3.8) is 0 Å². The second kappa shape index (κ2) is 4.55. The van der Waals surface area contributed by atoms with Crippen LogP contribution in [0.4, 0.5) is 8.78 Å². The molecular formula is C12H11F2N3. The van der Waals surface area contributed by atoms with Gasteiger partial charge in [-0.1, -0.05) is 12.1 Å². The molecule has 0 spiro atoms.